The Morgan fingerprint density at radius 2 is 2.22 bits per heavy atom. The van der Waals surface area contributed by atoms with Crippen LogP contribution in [0.15, 0.2) is 24.3 Å². The van der Waals surface area contributed by atoms with Gasteiger partial charge in [-0.1, -0.05) is 25.1 Å². The zero-order valence-electron chi connectivity index (χ0n) is 11.4. The molecule has 0 radical (unpaired) electrons. The fourth-order valence-corrected chi connectivity index (χ4v) is 2.76. The number of aromatic hydroxyl groups is 1. The molecule has 0 spiro atoms. The SMILES string of the molecule is CCC(NCC1CCN(C)C1)c1ccccc1O. The van der Waals surface area contributed by atoms with E-state index in [0.717, 1.165) is 24.4 Å². The van der Waals surface area contributed by atoms with Gasteiger partial charge < -0.3 is 15.3 Å². The molecule has 3 nitrogen and oxygen atoms in total. The predicted molar refractivity (Wildman–Crippen MR) is 74.7 cm³/mol. The number of rotatable bonds is 5. The van der Waals surface area contributed by atoms with Gasteiger partial charge in [-0.3, -0.25) is 0 Å². The summed E-state index contributed by atoms with van der Waals surface area (Å²) in [7, 11) is 2.18. The number of benzene rings is 1. The quantitative estimate of drug-likeness (QED) is 0.840. The van der Waals surface area contributed by atoms with Crippen molar-refractivity contribution in [2.75, 3.05) is 26.7 Å². The van der Waals surface area contributed by atoms with Crippen molar-refractivity contribution in [1.82, 2.24) is 10.2 Å². The monoisotopic (exact) mass is 248 g/mol. The van der Waals surface area contributed by atoms with Crippen LogP contribution < -0.4 is 5.32 Å². The summed E-state index contributed by atoms with van der Waals surface area (Å²) in [5.74, 6) is 1.15. The molecule has 1 fully saturated rings. The number of likely N-dealkylation sites (tertiary alicyclic amines) is 1. The second kappa shape index (κ2) is 6.21. The van der Waals surface area contributed by atoms with E-state index in [1.165, 1.54) is 19.5 Å². The van der Waals surface area contributed by atoms with Crippen molar-refractivity contribution in [1.29, 1.82) is 0 Å². The lowest BCUT2D eigenvalue weighted by molar-refractivity contribution is 0.373. The molecular weight excluding hydrogens is 224 g/mol. The number of nitrogens with zero attached hydrogens (tertiary/aromatic N) is 1. The first-order valence-electron chi connectivity index (χ1n) is 6.90. The van der Waals surface area contributed by atoms with Crippen molar-refractivity contribution in [3.63, 3.8) is 0 Å². The van der Waals surface area contributed by atoms with Crippen molar-refractivity contribution in [2.45, 2.75) is 25.8 Å². The molecule has 0 aliphatic carbocycles. The zero-order chi connectivity index (χ0) is 13.0. The number of phenolic OH excluding ortho intramolecular Hbond substituents is 1. The summed E-state index contributed by atoms with van der Waals surface area (Å²) < 4.78 is 0. The summed E-state index contributed by atoms with van der Waals surface area (Å²) in [6, 6.07) is 7.90. The van der Waals surface area contributed by atoms with Gasteiger partial charge in [0.15, 0.2) is 0 Å². The molecule has 1 aliphatic heterocycles. The molecule has 0 saturated carbocycles. The van der Waals surface area contributed by atoms with Gasteiger partial charge >= 0.3 is 0 Å². The van der Waals surface area contributed by atoms with E-state index in [-0.39, 0.29) is 6.04 Å². The Bertz CT molecular complexity index is 381. The van der Waals surface area contributed by atoms with Crippen molar-refractivity contribution in [2.24, 2.45) is 5.92 Å². The van der Waals surface area contributed by atoms with E-state index in [1.807, 2.05) is 18.2 Å². The van der Waals surface area contributed by atoms with Gasteiger partial charge in [0.25, 0.3) is 0 Å². The van der Waals surface area contributed by atoms with Crippen LogP contribution in [0.2, 0.25) is 0 Å². The lowest BCUT2D eigenvalue weighted by Crippen LogP contribution is -2.28. The highest BCUT2D eigenvalue weighted by atomic mass is 16.3. The largest absolute Gasteiger partial charge is 0.508 e. The van der Waals surface area contributed by atoms with Crippen LogP contribution in [0.5, 0.6) is 5.75 Å². The minimum atomic E-state index is 0.261. The third kappa shape index (κ3) is 3.24. The Balaban J connectivity index is 1.92. The van der Waals surface area contributed by atoms with E-state index in [1.54, 1.807) is 6.07 Å². The Hall–Kier alpha value is -1.06. The maximum absolute atomic E-state index is 9.90. The van der Waals surface area contributed by atoms with Crippen LogP contribution in [0, 0.1) is 5.92 Å². The number of hydrogen-bond acceptors (Lipinski definition) is 3. The molecule has 2 unspecified atom stereocenters. The molecule has 1 saturated heterocycles. The number of nitrogens with one attached hydrogen (secondary N) is 1. The highest BCUT2D eigenvalue weighted by Gasteiger charge is 2.21. The molecule has 0 aromatic heterocycles. The maximum Gasteiger partial charge on any atom is 0.120 e. The smallest absolute Gasteiger partial charge is 0.120 e. The van der Waals surface area contributed by atoms with Crippen molar-refractivity contribution >= 4 is 0 Å². The van der Waals surface area contributed by atoms with Gasteiger partial charge in [0.1, 0.15) is 5.75 Å². The van der Waals surface area contributed by atoms with Crippen LogP contribution in [-0.4, -0.2) is 36.7 Å². The van der Waals surface area contributed by atoms with Gasteiger partial charge in [-0.25, -0.2) is 0 Å². The van der Waals surface area contributed by atoms with Gasteiger partial charge in [0, 0.05) is 18.2 Å². The van der Waals surface area contributed by atoms with E-state index in [4.69, 9.17) is 0 Å². The molecule has 1 aromatic carbocycles. The molecule has 18 heavy (non-hydrogen) atoms. The summed E-state index contributed by atoms with van der Waals surface area (Å²) in [5.41, 5.74) is 1.02. The maximum atomic E-state index is 9.90. The molecule has 2 atom stereocenters. The minimum Gasteiger partial charge on any atom is -0.508 e. The highest BCUT2D eigenvalue weighted by molar-refractivity contribution is 5.34. The predicted octanol–water partition coefficient (Wildman–Crippen LogP) is 2.38. The second-order valence-corrected chi connectivity index (χ2v) is 5.34. The number of para-hydroxylation sites is 1. The van der Waals surface area contributed by atoms with Gasteiger partial charge in [0.2, 0.25) is 0 Å². The van der Waals surface area contributed by atoms with Crippen LogP contribution in [0.25, 0.3) is 0 Å². The molecule has 0 amide bonds. The van der Waals surface area contributed by atoms with Crippen LogP contribution in [0.1, 0.15) is 31.4 Å². The van der Waals surface area contributed by atoms with Gasteiger partial charge in [-0.2, -0.15) is 0 Å². The molecular formula is C15H24N2O. The fraction of sp³-hybridized carbons (Fsp3) is 0.600. The zero-order valence-corrected chi connectivity index (χ0v) is 11.4. The Morgan fingerprint density at radius 1 is 1.44 bits per heavy atom. The first-order valence-corrected chi connectivity index (χ1v) is 6.90. The summed E-state index contributed by atoms with van der Waals surface area (Å²) in [5, 5.41) is 13.5. The van der Waals surface area contributed by atoms with Gasteiger partial charge in [-0.15, -0.1) is 0 Å². The van der Waals surface area contributed by atoms with Crippen LogP contribution in [0.3, 0.4) is 0 Å². The fourth-order valence-electron chi connectivity index (χ4n) is 2.76. The number of phenols is 1. The van der Waals surface area contributed by atoms with E-state index < -0.39 is 0 Å². The average molecular weight is 248 g/mol. The van der Waals surface area contributed by atoms with Gasteiger partial charge in [0.05, 0.1) is 0 Å². The first kappa shape index (κ1) is 13.4. The molecule has 2 rings (SSSR count). The Kier molecular flexibility index (Phi) is 4.61. The average Bonchev–Trinajstić information content (AvgIpc) is 2.78. The highest BCUT2D eigenvalue weighted by Crippen LogP contribution is 2.26. The molecule has 1 heterocycles. The molecule has 2 N–H and O–H groups in total. The summed E-state index contributed by atoms with van der Waals surface area (Å²) in [6.07, 6.45) is 2.28. The Morgan fingerprint density at radius 3 is 2.83 bits per heavy atom. The molecule has 0 bridgehead atoms. The topological polar surface area (TPSA) is 35.5 Å². The lowest BCUT2D eigenvalue weighted by Gasteiger charge is -2.21. The normalized spacial score (nSPS) is 22.2. The number of hydrogen-bond donors (Lipinski definition) is 2. The molecule has 100 valence electrons. The molecule has 1 aromatic rings. The molecule has 3 heteroatoms. The van der Waals surface area contributed by atoms with E-state index in [0.29, 0.717) is 5.75 Å². The van der Waals surface area contributed by atoms with E-state index >= 15 is 0 Å². The second-order valence-electron chi connectivity index (χ2n) is 5.34. The van der Waals surface area contributed by atoms with Crippen LogP contribution >= 0.6 is 0 Å². The van der Waals surface area contributed by atoms with Crippen LogP contribution in [0.4, 0.5) is 0 Å². The standard InChI is InChI=1S/C15H24N2O/c1-3-14(13-6-4-5-7-15(13)18)16-10-12-8-9-17(2)11-12/h4-7,12,14,16,18H,3,8-11H2,1-2H3. The lowest BCUT2D eigenvalue weighted by atomic mass is 10.0. The third-order valence-electron chi connectivity index (χ3n) is 3.86. The van der Waals surface area contributed by atoms with E-state index in [9.17, 15) is 5.11 Å². The van der Waals surface area contributed by atoms with Crippen LogP contribution in [-0.2, 0) is 0 Å². The summed E-state index contributed by atoms with van der Waals surface area (Å²) >= 11 is 0. The minimum absolute atomic E-state index is 0.261. The third-order valence-corrected chi connectivity index (χ3v) is 3.86. The van der Waals surface area contributed by atoms with Crippen molar-refractivity contribution in [3.8, 4) is 5.75 Å². The van der Waals surface area contributed by atoms with Crippen molar-refractivity contribution in [3.05, 3.63) is 29.8 Å². The summed E-state index contributed by atoms with van der Waals surface area (Å²) in [6.45, 7) is 5.59. The molecule has 1 aliphatic rings. The Labute approximate surface area is 110 Å². The van der Waals surface area contributed by atoms with Crippen molar-refractivity contribution < 1.29 is 5.11 Å². The first-order chi connectivity index (χ1) is 8.70. The van der Waals surface area contributed by atoms with E-state index in [2.05, 4.69) is 24.2 Å². The van der Waals surface area contributed by atoms with Gasteiger partial charge in [-0.05, 0) is 45.0 Å². The summed E-state index contributed by atoms with van der Waals surface area (Å²) in [4.78, 5) is 2.38.